The van der Waals surface area contributed by atoms with Gasteiger partial charge in [-0.2, -0.15) is 0 Å². The molecule has 0 bridgehead atoms. The number of fused-ring (bicyclic) bond motifs is 1. The molecule has 1 aromatic heterocycles. The highest BCUT2D eigenvalue weighted by Gasteiger charge is 2.00. The summed E-state index contributed by atoms with van der Waals surface area (Å²) in [4.78, 5) is 0. The number of hydrogen-bond acceptors (Lipinski definition) is 2. The lowest BCUT2D eigenvalue weighted by atomic mass is 10.2. The van der Waals surface area contributed by atoms with E-state index in [-0.39, 0.29) is 5.75 Å². The Balaban J connectivity index is 2.82. The van der Waals surface area contributed by atoms with E-state index in [1.807, 2.05) is 6.07 Å². The molecule has 0 aliphatic carbocycles. The van der Waals surface area contributed by atoms with Crippen molar-refractivity contribution in [3.63, 3.8) is 0 Å². The van der Waals surface area contributed by atoms with Gasteiger partial charge >= 0.3 is 0 Å². The lowest BCUT2D eigenvalue weighted by Gasteiger charge is -1.88. The minimum atomic E-state index is 0.255. The van der Waals surface area contributed by atoms with Gasteiger partial charge in [-0.1, -0.05) is 0 Å². The molecular formula is C8H5BrO2. The Bertz CT molecular complexity index is 392. The molecule has 2 rings (SSSR count). The second-order valence-corrected chi connectivity index (χ2v) is 3.05. The zero-order valence-corrected chi connectivity index (χ0v) is 7.13. The molecular weight excluding hydrogens is 208 g/mol. The average Bonchev–Trinajstić information content (AvgIpc) is 2.27. The number of benzene rings is 1. The highest BCUT2D eigenvalue weighted by atomic mass is 79.9. The summed E-state index contributed by atoms with van der Waals surface area (Å²) in [5.74, 6) is 0.255. The molecule has 0 aliphatic heterocycles. The Morgan fingerprint density at radius 1 is 1.27 bits per heavy atom. The highest BCUT2D eigenvalue weighted by molar-refractivity contribution is 9.10. The van der Waals surface area contributed by atoms with Crippen LogP contribution in [0.15, 0.2) is 33.4 Å². The fourth-order valence-corrected chi connectivity index (χ4v) is 1.42. The molecule has 0 saturated heterocycles. The molecule has 11 heavy (non-hydrogen) atoms. The van der Waals surface area contributed by atoms with Crippen molar-refractivity contribution in [3.05, 3.63) is 28.9 Å². The van der Waals surface area contributed by atoms with Crippen molar-refractivity contribution in [3.8, 4) is 5.75 Å². The van der Waals surface area contributed by atoms with Crippen molar-refractivity contribution < 1.29 is 9.52 Å². The Morgan fingerprint density at radius 3 is 2.91 bits per heavy atom. The average molecular weight is 213 g/mol. The third-order valence-electron chi connectivity index (χ3n) is 1.47. The van der Waals surface area contributed by atoms with Gasteiger partial charge in [-0.3, -0.25) is 0 Å². The number of phenolic OH excluding ortho intramolecular Hbond substituents is 1. The Kier molecular flexibility index (Phi) is 1.39. The second-order valence-electron chi connectivity index (χ2n) is 2.27. The molecule has 1 heterocycles. The maximum atomic E-state index is 9.08. The summed E-state index contributed by atoms with van der Waals surface area (Å²) in [7, 11) is 0. The maximum absolute atomic E-state index is 9.08. The molecule has 2 aromatic rings. The van der Waals surface area contributed by atoms with Crippen LogP contribution in [0.2, 0.25) is 0 Å². The largest absolute Gasteiger partial charge is 0.508 e. The van der Waals surface area contributed by atoms with Crippen LogP contribution in [-0.4, -0.2) is 5.11 Å². The van der Waals surface area contributed by atoms with Gasteiger partial charge in [0.15, 0.2) is 4.67 Å². The van der Waals surface area contributed by atoms with Gasteiger partial charge in [0, 0.05) is 5.39 Å². The van der Waals surface area contributed by atoms with Crippen LogP contribution in [0.4, 0.5) is 0 Å². The summed E-state index contributed by atoms with van der Waals surface area (Å²) >= 11 is 3.20. The number of phenols is 1. The van der Waals surface area contributed by atoms with Gasteiger partial charge < -0.3 is 9.52 Å². The van der Waals surface area contributed by atoms with Crippen LogP contribution in [0.3, 0.4) is 0 Å². The van der Waals surface area contributed by atoms with Gasteiger partial charge in [0.05, 0.1) is 0 Å². The van der Waals surface area contributed by atoms with E-state index < -0.39 is 0 Å². The van der Waals surface area contributed by atoms with Gasteiger partial charge in [-0.15, -0.1) is 0 Å². The van der Waals surface area contributed by atoms with Crippen molar-refractivity contribution in [2.75, 3.05) is 0 Å². The normalized spacial score (nSPS) is 10.6. The molecule has 1 N–H and O–H groups in total. The molecule has 0 atom stereocenters. The van der Waals surface area contributed by atoms with Crippen LogP contribution < -0.4 is 0 Å². The van der Waals surface area contributed by atoms with E-state index in [2.05, 4.69) is 15.9 Å². The van der Waals surface area contributed by atoms with Gasteiger partial charge in [0.1, 0.15) is 11.3 Å². The first-order chi connectivity index (χ1) is 5.25. The van der Waals surface area contributed by atoms with Gasteiger partial charge in [0.2, 0.25) is 0 Å². The fraction of sp³-hybridized carbons (Fsp3) is 0. The number of hydrogen-bond donors (Lipinski definition) is 1. The van der Waals surface area contributed by atoms with E-state index in [9.17, 15) is 0 Å². The Morgan fingerprint density at radius 2 is 2.09 bits per heavy atom. The zero-order valence-electron chi connectivity index (χ0n) is 5.54. The first-order valence-corrected chi connectivity index (χ1v) is 3.93. The van der Waals surface area contributed by atoms with Crippen LogP contribution >= 0.6 is 15.9 Å². The first kappa shape index (κ1) is 6.73. The maximum Gasteiger partial charge on any atom is 0.170 e. The molecule has 0 fully saturated rings. The van der Waals surface area contributed by atoms with Crippen molar-refractivity contribution in [2.24, 2.45) is 0 Å². The first-order valence-electron chi connectivity index (χ1n) is 3.14. The van der Waals surface area contributed by atoms with Crippen LogP contribution in [0.5, 0.6) is 5.75 Å². The zero-order chi connectivity index (χ0) is 7.84. The minimum Gasteiger partial charge on any atom is -0.508 e. The number of aromatic hydroxyl groups is 1. The van der Waals surface area contributed by atoms with E-state index in [0.29, 0.717) is 4.67 Å². The van der Waals surface area contributed by atoms with E-state index >= 15 is 0 Å². The van der Waals surface area contributed by atoms with E-state index in [1.165, 1.54) is 0 Å². The minimum absolute atomic E-state index is 0.255. The smallest absolute Gasteiger partial charge is 0.170 e. The Labute approximate surface area is 71.6 Å². The molecule has 0 unspecified atom stereocenters. The van der Waals surface area contributed by atoms with E-state index in [4.69, 9.17) is 9.52 Å². The van der Waals surface area contributed by atoms with E-state index in [1.54, 1.807) is 18.2 Å². The van der Waals surface area contributed by atoms with Crippen LogP contribution in [0.25, 0.3) is 11.0 Å². The standard InChI is InChI=1S/C8H5BrO2/c9-8-4-5-3-6(10)1-2-7(5)11-8/h1-4,10H. The topological polar surface area (TPSA) is 33.4 Å². The van der Waals surface area contributed by atoms with Crippen molar-refractivity contribution in [2.45, 2.75) is 0 Å². The molecule has 2 nitrogen and oxygen atoms in total. The van der Waals surface area contributed by atoms with Crippen molar-refractivity contribution in [1.29, 1.82) is 0 Å². The van der Waals surface area contributed by atoms with Gasteiger partial charge in [-0.25, -0.2) is 0 Å². The van der Waals surface area contributed by atoms with Crippen molar-refractivity contribution >= 4 is 26.9 Å². The van der Waals surface area contributed by atoms with E-state index in [0.717, 1.165) is 11.0 Å². The molecule has 56 valence electrons. The SMILES string of the molecule is Oc1ccc2oc(Br)cc2c1. The number of rotatable bonds is 0. The fourth-order valence-electron chi connectivity index (χ4n) is 0.998. The molecule has 0 spiro atoms. The third kappa shape index (κ3) is 1.12. The van der Waals surface area contributed by atoms with Gasteiger partial charge in [0.25, 0.3) is 0 Å². The molecule has 0 amide bonds. The summed E-state index contributed by atoms with van der Waals surface area (Å²) < 4.78 is 5.91. The highest BCUT2D eigenvalue weighted by Crippen LogP contribution is 2.25. The summed E-state index contributed by atoms with van der Waals surface area (Å²) in [6, 6.07) is 6.80. The lowest BCUT2D eigenvalue weighted by molar-refractivity contribution is 0.475. The molecule has 0 radical (unpaired) electrons. The van der Waals surface area contributed by atoms with Crippen LogP contribution in [0.1, 0.15) is 0 Å². The number of furan rings is 1. The van der Waals surface area contributed by atoms with Crippen LogP contribution in [-0.2, 0) is 0 Å². The van der Waals surface area contributed by atoms with Crippen LogP contribution in [0, 0.1) is 0 Å². The quantitative estimate of drug-likeness (QED) is 0.729. The van der Waals surface area contributed by atoms with Gasteiger partial charge in [-0.05, 0) is 40.2 Å². The number of halogens is 1. The summed E-state index contributed by atoms with van der Waals surface area (Å²) in [6.07, 6.45) is 0. The predicted octanol–water partition coefficient (Wildman–Crippen LogP) is 2.90. The monoisotopic (exact) mass is 212 g/mol. The summed E-state index contributed by atoms with van der Waals surface area (Å²) in [6.45, 7) is 0. The summed E-state index contributed by atoms with van der Waals surface area (Å²) in [5, 5.41) is 9.98. The lowest BCUT2D eigenvalue weighted by Crippen LogP contribution is -1.62. The predicted molar refractivity (Wildman–Crippen MR) is 45.6 cm³/mol. The van der Waals surface area contributed by atoms with Crippen molar-refractivity contribution in [1.82, 2.24) is 0 Å². The molecule has 1 aromatic carbocycles. The third-order valence-corrected chi connectivity index (χ3v) is 1.86. The Hall–Kier alpha value is -0.960. The molecule has 0 saturated carbocycles. The summed E-state index contributed by atoms with van der Waals surface area (Å²) in [5.41, 5.74) is 0.773. The second kappa shape index (κ2) is 2.27. The molecule has 0 aliphatic rings. The molecule has 3 heteroatoms.